The van der Waals surface area contributed by atoms with E-state index < -0.39 is 5.91 Å². The first-order valence-electron chi connectivity index (χ1n) is 7.62. The molecular formula is C17H14ClN5O2. The zero-order valence-corrected chi connectivity index (χ0v) is 13.8. The fourth-order valence-electron chi connectivity index (χ4n) is 2.72. The van der Waals surface area contributed by atoms with Gasteiger partial charge in [0.2, 0.25) is 5.95 Å². The Morgan fingerprint density at radius 1 is 1.36 bits per heavy atom. The molecule has 25 heavy (non-hydrogen) atoms. The van der Waals surface area contributed by atoms with Crippen LogP contribution < -0.4 is 10.6 Å². The van der Waals surface area contributed by atoms with Gasteiger partial charge in [0, 0.05) is 17.1 Å². The maximum atomic E-state index is 12.1. The van der Waals surface area contributed by atoms with E-state index in [-0.39, 0.29) is 17.8 Å². The average Bonchev–Trinajstić information content (AvgIpc) is 3.24. The predicted octanol–water partition coefficient (Wildman–Crippen LogP) is 3.70. The Hall–Kier alpha value is -3.06. The first-order valence-corrected chi connectivity index (χ1v) is 7.99. The first kappa shape index (κ1) is 15.5. The van der Waals surface area contributed by atoms with Crippen molar-refractivity contribution in [1.82, 2.24) is 14.8 Å². The van der Waals surface area contributed by atoms with Crippen molar-refractivity contribution < 1.29 is 9.21 Å². The number of rotatable bonds is 3. The number of amides is 1. The number of benzene rings is 1. The van der Waals surface area contributed by atoms with Gasteiger partial charge in [-0.05, 0) is 29.8 Å². The summed E-state index contributed by atoms with van der Waals surface area (Å²) >= 11 is 5.97. The molecule has 0 saturated carbocycles. The minimum absolute atomic E-state index is 0.0808. The Morgan fingerprint density at radius 2 is 2.16 bits per heavy atom. The predicted molar refractivity (Wildman–Crippen MR) is 93.7 cm³/mol. The molecular weight excluding hydrogens is 342 g/mol. The molecule has 2 N–H and O–H groups in total. The van der Waals surface area contributed by atoms with Gasteiger partial charge in [-0.15, -0.1) is 5.10 Å². The first-order chi connectivity index (χ1) is 12.1. The smallest absolute Gasteiger partial charge is 0.293 e. The molecule has 8 heteroatoms. The highest BCUT2D eigenvalue weighted by atomic mass is 35.5. The van der Waals surface area contributed by atoms with Gasteiger partial charge in [0.25, 0.3) is 11.9 Å². The van der Waals surface area contributed by atoms with Crippen molar-refractivity contribution in [3.05, 3.63) is 71.3 Å². The van der Waals surface area contributed by atoms with E-state index in [0.29, 0.717) is 17.4 Å². The number of halogens is 1. The average molecular weight is 356 g/mol. The zero-order valence-electron chi connectivity index (χ0n) is 13.1. The van der Waals surface area contributed by atoms with Gasteiger partial charge in [-0.25, -0.2) is 4.68 Å². The lowest BCUT2D eigenvalue weighted by atomic mass is 10.0. The van der Waals surface area contributed by atoms with Crippen molar-refractivity contribution >= 4 is 29.4 Å². The number of furan rings is 1. The molecule has 1 aliphatic rings. The molecule has 1 unspecified atom stereocenters. The summed E-state index contributed by atoms with van der Waals surface area (Å²) in [5, 5.41) is 10.8. The summed E-state index contributed by atoms with van der Waals surface area (Å²) in [6.45, 7) is 4.00. The fraction of sp³-hybridized carbons (Fsp3) is 0.118. The molecule has 2 aromatic heterocycles. The maximum absolute atomic E-state index is 12.1. The molecule has 1 amide bonds. The monoisotopic (exact) mass is 355 g/mol. The lowest BCUT2D eigenvalue weighted by molar-refractivity contribution is 0.0995. The van der Waals surface area contributed by atoms with E-state index in [4.69, 9.17) is 16.0 Å². The molecule has 0 aliphatic carbocycles. The van der Waals surface area contributed by atoms with Gasteiger partial charge in [-0.2, -0.15) is 4.98 Å². The molecule has 0 fully saturated rings. The van der Waals surface area contributed by atoms with E-state index in [2.05, 4.69) is 27.3 Å². The van der Waals surface area contributed by atoms with Crippen LogP contribution in [-0.2, 0) is 0 Å². The van der Waals surface area contributed by atoms with Crippen LogP contribution in [0.2, 0.25) is 5.02 Å². The van der Waals surface area contributed by atoms with Gasteiger partial charge in [0.1, 0.15) is 0 Å². The third kappa shape index (κ3) is 3.01. The Kier molecular flexibility index (Phi) is 3.77. The van der Waals surface area contributed by atoms with Crippen LogP contribution in [0.1, 0.15) is 28.6 Å². The lowest BCUT2D eigenvalue weighted by Crippen LogP contribution is -2.23. The second kappa shape index (κ2) is 6.10. The maximum Gasteiger partial charge on any atom is 0.293 e. The molecule has 3 aromatic rings. The summed E-state index contributed by atoms with van der Waals surface area (Å²) in [6.07, 6.45) is 2.09. The number of hydrogen-bond donors (Lipinski definition) is 2. The van der Waals surface area contributed by atoms with Gasteiger partial charge in [0.05, 0.1) is 12.3 Å². The largest absolute Gasteiger partial charge is 0.459 e. The summed E-state index contributed by atoms with van der Waals surface area (Å²) in [4.78, 5) is 16.4. The quantitative estimate of drug-likeness (QED) is 0.748. The van der Waals surface area contributed by atoms with Gasteiger partial charge in [-0.3, -0.25) is 10.1 Å². The molecule has 1 aliphatic heterocycles. The second-order valence-electron chi connectivity index (χ2n) is 5.64. The number of aromatic nitrogens is 3. The summed E-state index contributed by atoms with van der Waals surface area (Å²) in [5.41, 5.74) is 1.85. The minimum atomic E-state index is -0.408. The van der Waals surface area contributed by atoms with Crippen LogP contribution in [0.4, 0.5) is 11.9 Å². The number of anilines is 2. The van der Waals surface area contributed by atoms with Gasteiger partial charge in [-0.1, -0.05) is 30.3 Å². The second-order valence-corrected chi connectivity index (χ2v) is 6.07. The van der Waals surface area contributed by atoms with Crippen molar-refractivity contribution in [3.8, 4) is 0 Å². The minimum Gasteiger partial charge on any atom is -0.459 e. The molecule has 0 spiro atoms. The SMILES string of the molecule is C=C1CC(c2ccc(Cl)cc2)n2nc(NC(=O)c3ccco3)nc2N1. The van der Waals surface area contributed by atoms with Crippen LogP contribution in [0.5, 0.6) is 0 Å². The van der Waals surface area contributed by atoms with Crippen LogP contribution in [-0.4, -0.2) is 20.7 Å². The lowest BCUT2D eigenvalue weighted by Gasteiger charge is -2.26. The van der Waals surface area contributed by atoms with Crippen molar-refractivity contribution in [2.24, 2.45) is 0 Å². The third-order valence-corrected chi connectivity index (χ3v) is 4.13. The van der Waals surface area contributed by atoms with Crippen molar-refractivity contribution in [2.75, 3.05) is 10.6 Å². The number of carbonyl (C=O) groups is 1. The molecule has 4 rings (SSSR count). The summed E-state index contributed by atoms with van der Waals surface area (Å²) in [5.74, 6) is 0.498. The Balaban J connectivity index is 1.64. The van der Waals surface area contributed by atoms with Crippen molar-refractivity contribution in [3.63, 3.8) is 0 Å². The number of fused-ring (bicyclic) bond motifs is 1. The summed E-state index contributed by atoms with van der Waals surface area (Å²) in [7, 11) is 0. The van der Waals surface area contributed by atoms with E-state index >= 15 is 0 Å². The van der Waals surface area contributed by atoms with E-state index in [1.54, 1.807) is 16.8 Å². The topological polar surface area (TPSA) is 85.0 Å². The zero-order chi connectivity index (χ0) is 17.4. The highest BCUT2D eigenvalue weighted by molar-refractivity contribution is 6.30. The molecule has 7 nitrogen and oxygen atoms in total. The van der Waals surface area contributed by atoms with Crippen LogP contribution in [0.25, 0.3) is 0 Å². The van der Waals surface area contributed by atoms with Crippen LogP contribution >= 0.6 is 11.6 Å². The summed E-state index contributed by atoms with van der Waals surface area (Å²) in [6, 6.07) is 10.7. The van der Waals surface area contributed by atoms with Crippen LogP contribution in [0, 0.1) is 0 Å². The van der Waals surface area contributed by atoms with Crippen molar-refractivity contribution in [1.29, 1.82) is 0 Å². The van der Waals surface area contributed by atoms with Crippen LogP contribution in [0.3, 0.4) is 0 Å². The van der Waals surface area contributed by atoms with Crippen LogP contribution in [0.15, 0.2) is 59.4 Å². The molecule has 126 valence electrons. The highest BCUT2D eigenvalue weighted by Gasteiger charge is 2.27. The van der Waals surface area contributed by atoms with E-state index in [1.165, 1.54) is 6.26 Å². The number of carbonyl (C=O) groups excluding carboxylic acids is 1. The number of allylic oxidation sites excluding steroid dienone is 1. The molecule has 3 heterocycles. The number of nitrogens with one attached hydrogen (secondary N) is 2. The van der Waals surface area contributed by atoms with Crippen molar-refractivity contribution in [2.45, 2.75) is 12.5 Å². The van der Waals surface area contributed by atoms with E-state index in [1.807, 2.05) is 24.3 Å². The standard InChI is InChI=1S/C17H14ClN5O2/c1-10-9-13(11-4-6-12(18)7-5-11)23-17(19-10)21-16(22-23)20-15(24)14-3-2-8-25-14/h2-8,13H,1,9H2,(H2,19,20,21,22,24). The number of hydrogen-bond acceptors (Lipinski definition) is 5. The Bertz CT molecular complexity index is 931. The van der Waals surface area contributed by atoms with Gasteiger partial charge in [0.15, 0.2) is 5.76 Å². The Morgan fingerprint density at radius 3 is 2.88 bits per heavy atom. The third-order valence-electron chi connectivity index (χ3n) is 3.88. The summed E-state index contributed by atoms with van der Waals surface area (Å²) < 4.78 is 6.80. The Labute approximate surface area is 148 Å². The number of nitrogens with zero attached hydrogens (tertiary/aromatic N) is 3. The van der Waals surface area contributed by atoms with E-state index in [0.717, 1.165) is 11.3 Å². The normalized spacial score (nSPS) is 16.2. The van der Waals surface area contributed by atoms with E-state index in [9.17, 15) is 4.79 Å². The molecule has 0 radical (unpaired) electrons. The molecule has 0 bridgehead atoms. The van der Waals surface area contributed by atoms with Gasteiger partial charge >= 0.3 is 0 Å². The molecule has 1 aromatic carbocycles. The van der Waals surface area contributed by atoms with Gasteiger partial charge < -0.3 is 9.73 Å². The fourth-order valence-corrected chi connectivity index (χ4v) is 2.85. The highest BCUT2D eigenvalue weighted by Crippen LogP contribution is 2.33. The molecule has 1 atom stereocenters. The molecule has 0 saturated heterocycles.